The molecule has 2 aromatic rings. The van der Waals surface area contributed by atoms with Crippen LogP contribution in [0.3, 0.4) is 0 Å². The number of nitriles is 1. The highest BCUT2D eigenvalue weighted by atomic mass is 16.5. The predicted octanol–water partition coefficient (Wildman–Crippen LogP) is 2.73. The van der Waals surface area contributed by atoms with Gasteiger partial charge in [-0.3, -0.25) is 9.59 Å². The SMILES string of the molecule is CCOc1ccc(/C=C(\C#N)C(=O)Nc2ccc(C(N)=O)cc2)cc1. The molecular weight excluding hydrogens is 318 g/mol. The first kappa shape index (κ1) is 17.8. The first-order chi connectivity index (χ1) is 12.0. The van der Waals surface area contributed by atoms with Gasteiger partial charge in [0.2, 0.25) is 5.91 Å². The van der Waals surface area contributed by atoms with Gasteiger partial charge in [0.15, 0.2) is 0 Å². The van der Waals surface area contributed by atoms with E-state index < -0.39 is 11.8 Å². The van der Waals surface area contributed by atoms with E-state index in [0.717, 1.165) is 5.75 Å². The van der Waals surface area contributed by atoms with Crippen molar-refractivity contribution in [2.45, 2.75) is 6.92 Å². The van der Waals surface area contributed by atoms with Crippen molar-refractivity contribution >= 4 is 23.6 Å². The third-order valence-electron chi connectivity index (χ3n) is 3.29. The molecule has 3 N–H and O–H groups in total. The van der Waals surface area contributed by atoms with E-state index in [2.05, 4.69) is 5.32 Å². The summed E-state index contributed by atoms with van der Waals surface area (Å²) in [4.78, 5) is 23.2. The fourth-order valence-corrected chi connectivity index (χ4v) is 2.06. The Hall–Kier alpha value is -3.59. The first-order valence-electron chi connectivity index (χ1n) is 7.59. The lowest BCUT2D eigenvalue weighted by Crippen LogP contribution is -2.14. The summed E-state index contributed by atoms with van der Waals surface area (Å²) in [6, 6.07) is 15.0. The summed E-state index contributed by atoms with van der Waals surface area (Å²) >= 11 is 0. The minimum Gasteiger partial charge on any atom is -0.494 e. The summed E-state index contributed by atoms with van der Waals surface area (Å²) in [6.45, 7) is 2.46. The average molecular weight is 335 g/mol. The van der Waals surface area contributed by atoms with Gasteiger partial charge in [0.05, 0.1) is 6.61 Å². The zero-order valence-corrected chi connectivity index (χ0v) is 13.7. The van der Waals surface area contributed by atoms with Gasteiger partial charge in [-0.05, 0) is 55.0 Å². The molecular formula is C19H17N3O3. The Labute approximate surface area is 145 Å². The Morgan fingerprint density at radius 3 is 2.32 bits per heavy atom. The highest BCUT2D eigenvalue weighted by Crippen LogP contribution is 2.16. The van der Waals surface area contributed by atoms with Crippen LogP contribution in [0.4, 0.5) is 5.69 Å². The minimum atomic E-state index is -0.550. The summed E-state index contributed by atoms with van der Waals surface area (Å²) in [7, 11) is 0. The molecule has 6 nitrogen and oxygen atoms in total. The van der Waals surface area contributed by atoms with Crippen molar-refractivity contribution in [2.75, 3.05) is 11.9 Å². The lowest BCUT2D eigenvalue weighted by atomic mass is 10.1. The molecule has 0 saturated heterocycles. The number of hydrogen-bond acceptors (Lipinski definition) is 4. The van der Waals surface area contributed by atoms with Crippen molar-refractivity contribution in [3.8, 4) is 11.8 Å². The lowest BCUT2D eigenvalue weighted by molar-refractivity contribution is -0.112. The van der Waals surface area contributed by atoms with Crippen LogP contribution in [0.1, 0.15) is 22.8 Å². The van der Waals surface area contributed by atoms with E-state index in [1.807, 2.05) is 13.0 Å². The summed E-state index contributed by atoms with van der Waals surface area (Å²) in [5, 5.41) is 11.8. The fourth-order valence-electron chi connectivity index (χ4n) is 2.06. The zero-order valence-electron chi connectivity index (χ0n) is 13.7. The molecule has 0 aliphatic rings. The summed E-state index contributed by atoms with van der Waals surface area (Å²) in [6.07, 6.45) is 1.49. The van der Waals surface area contributed by atoms with E-state index >= 15 is 0 Å². The Morgan fingerprint density at radius 2 is 1.80 bits per heavy atom. The van der Waals surface area contributed by atoms with Crippen LogP contribution in [-0.4, -0.2) is 18.4 Å². The van der Waals surface area contributed by atoms with Crippen LogP contribution in [0.25, 0.3) is 6.08 Å². The van der Waals surface area contributed by atoms with Crippen molar-refractivity contribution in [1.29, 1.82) is 5.26 Å². The molecule has 0 aromatic heterocycles. The number of nitrogens with one attached hydrogen (secondary N) is 1. The lowest BCUT2D eigenvalue weighted by Gasteiger charge is -2.05. The molecule has 6 heteroatoms. The molecule has 0 fully saturated rings. The van der Waals surface area contributed by atoms with E-state index in [9.17, 15) is 14.9 Å². The maximum atomic E-state index is 12.2. The first-order valence-corrected chi connectivity index (χ1v) is 7.59. The highest BCUT2D eigenvalue weighted by molar-refractivity contribution is 6.09. The number of amides is 2. The van der Waals surface area contributed by atoms with Crippen molar-refractivity contribution in [1.82, 2.24) is 0 Å². The zero-order chi connectivity index (χ0) is 18.2. The Balaban J connectivity index is 2.12. The molecule has 0 heterocycles. The number of nitrogens with two attached hydrogens (primary N) is 1. The second-order valence-electron chi connectivity index (χ2n) is 5.07. The average Bonchev–Trinajstić information content (AvgIpc) is 2.61. The topological polar surface area (TPSA) is 105 Å². The monoisotopic (exact) mass is 335 g/mol. The van der Waals surface area contributed by atoms with Crippen LogP contribution in [0.15, 0.2) is 54.1 Å². The number of carbonyl (C=O) groups is 2. The molecule has 126 valence electrons. The van der Waals surface area contributed by atoms with Crippen LogP contribution in [0.2, 0.25) is 0 Å². The van der Waals surface area contributed by atoms with Crippen LogP contribution in [0.5, 0.6) is 5.75 Å². The van der Waals surface area contributed by atoms with E-state index in [0.29, 0.717) is 23.4 Å². The number of primary amides is 1. The standard InChI is InChI=1S/C19H17N3O3/c1-2-25-17-9-3-13(4-10-17)11-15(12-20)19(24)22-16-7-5-14(6-8-16)18(21)23/h3-11H,2H2,1H3,(H2,21,23)(H,22,24)/b15-11+. The molecule has 0 aliphatic heterocycles. The third kappa shape index (κ3) is 4.94. The number of benzene rings is 2. The largest absolute Gasteiger partial charge is 0.494 e. The van der Waals surface area contributed by atoms with Gasteiger partial charge in [-0.15, -0.1) is 0 Å². The normalized spacial score (nSPS) is 10.6. The van der Waals surface area contributed by atoms with Gasteiger partial charge in [-0.1, -0.05) is 12.1 Å². The molecule has 2 amide bonds. The smallest absolute Gasteiger partial charge is 0.266 e. The van der Waals surface area contributed by atoms with Gasteiger partial charge in [0, 0.05) is 11.3 Å². The molecule has 0 aliphatic carbocycles. The van der Waals surface area contributed by atoms with Crippen molar-refractivity contribution in [2.24, 2.45) is 5.73 Å². The number of hydrogen-bond donors (Lipinski definition) is 2. The van der Waals surface area contributed by atoms with Gasteiger partial charge in [0.25, 0.3) is 5.91 Å². The minimum absolute atomic E-state index is 0.0388. The number of anilines is 1. The molecule has 25 heavy (non-hydrogen) atoms. The second kappa shape index (κ2) is 8.31. The molecule has 0 bridgehead atoms. The van der Waals surface area contributed by atoms with E-state index in [4.69, 9.17) is 10.5 Å². The molecule has 0 saturated carbocycles. The van der Waals surface area contributed by atoms with E-state index in [1.54, 1.807) is 36.4 Å². The van der Waals surface area contributed by atoms with Crippen LogP contribution >= 0.6 is 0 Å². The molecule has 0 unspecified atom stereocenters. The van der Waals surface area contributed by atoms with Crippen molar-refractivity contribution < 1.29 is 14.3 Å². The number of ether oxygens (including phenoxy) is 1. The molecule has 2 rings (SSSR count). The van der Waals surface area contributed by atoms with Crippen LogP contribution < -0.4 is 15.8 Å². The Morgan fingerprint density at radius 1 is 1.16 bits per heavy atom. The maximum Gasteiger partial charge on any atom is 0.266 e. The molecule has 0 spiro atoms. The Kier molecular flexibility index (Phi) is 5.91. The fraction of sp³-hybridized carbons (Fsp3) is 0.105. The molecule has 0 radical (unpaired) electrons. The molecule has 2 aromatic carbocycles. The van der Waals surface area contributed by atoms with E-state index in [-0.39, 0.29) is 5.57 Å². The van der Waals surface area contributed by atoms with Gasteiger partial charge in [-0.25, -0.2) is 0 Å². The van der Waals surface area contributed by atoms with Gasteiger partial charge in [0.1, 0.15) is 17.4 Å². The Bertz CT molecular complexity index is 832. The maximum absolute atomic E-state index is 12.2. The van der Waals surface area contributed by atoms with Crippen molar-refractivity contribution in [3.63, 3.8) is 0 Å². The number of nitrogens with zero attached hydrogens (tertiary/aromatic N) is 1. The van der Waals surface area contributed by atoms with Crippen molar-refractivity contribution in [3.05, 3.63) is 65.2 Å². The second-order valence-corrected chi connectivity index (χ2v) is 5.07. The number of rotatable bonds is 6. The summed E-state index contributed by atoms with van der Waals surface area (Å²) in [5.41, 5.74) is 6.63. The third-order valence-corrected chi connectivity index (χ3v) is 3.29. The molecule has 0 atom stereocenters. The highest BCUT2D eigenvalue weighted by Gasteiger charge is 2.10. The number of carbonyl (C=O) groups excluding carboxylic acids is 2. The van der Waals surface area contributed by atoms with E-state index in [1.165, 1.54) is 18.2 Å². The predicted molar refractivity (Wildman–Crippen MR) is 94.8 cm³/mol. The summed E-state index contributed by atoms with van der Waals surface area (Å²) in [5.74, 6) is -0.369. The van der Waals surface area contributed by atoms with Crippen LogP contribution in [0, 0.1) is 11.3 Å². The van der Waals surface area contributed by atoms with Gasteiger partial charge in [-0.2, -0.15) is 5.26 Å². The summed E-state index contributed by atoms with van der Waals surface area (Å²) < 4.78 is 5.35. The van der Waals surface area contributed by atoms with Gasteiger partial charge < -0.3 is 15.8 Å². The van der Waals surface area contributed by atoms with Gasteiger partial charge >= 0.3 is 0 Å². The quantitative estimate of drug-likeness (QED) is 0.625. The van der Waals surface area contributed by atoms with Crippen LogP contribution in [-0.2, 0) is 4.79 Å².